The van der Waals surface area contributed by atoms with Crippen molar-refractivity contribution in [1.82, 2.24) is 25.1 Å². The van der Waals surface area contributed by atoms with Gasteiger partial charge in [-0.05, 0) is 50.6 Å². The van der Waals surface area contributed by atoms with Crippen LogP contribution in [0, 0.1) is 12.7 Å². The van der Waals surface area contributed by atoms with Crippen LogP contribution in [0.5, 0.6) is 5.75 Å². The Labute approximate surface area is 219 Å². The predicted octanol–water partition coefficient (Wildman–Crippen LogP) is 5.22. The molecule has 11 heteroatoms. The van der Waals surface area contributed by atoms with Gasteiger partial charge in [0.05, 0.1) is 12.4 Å². The van der Waals surface area contributed by atoms with E-state index >= 15 is 0 Å². The standard InChI is InChI=1S/C26H26ClF2N5O3/c1-14-8-20(26-30-13-31-34(26)4)18-6-5-7-23(25(18)32-14)37-11-21-19(9-17(29)10-22(21)27)15(2)33-24(35)12-36-16(3)28/h5-10,13,15-16H,11-12H2,1-4H3,(H,33,35)/t15-,16?/m0/s1/i15D. The number of hydrogen-bond acceptors (Lipinski definition) is 6. The lowest BCUT2D eigenvalue weighted by Crippen LogP contribution is -2.31. The molecule has 0 spiro atoms. The summed E-state index contributed by atoms with van der Waals surface area (Å²) in [6, 6.07) is 7.74. The number of nitrogens with zero attached hydrogens (tertiary/aromatic N) is 4. The van der Waals surface area contributed by atoms with Crippen LogP contribution in [0.2, 0.25) is 5.02 Å². The summed E-state index contributed by atoms with van der Waals surface area (Å²) in [4.78, 5) is 21.2. The molecule has 0 aliphatic rings. The van der Waals surface area contributed by atoms with Gasteiger partial charge in [-0.1, -0.05) is 23.7 Å². The molecule has 1 amide bonds. The van der Waals surface area contributed by atoms with E-state index in [1.165, 1.54) is 13.3 Å². The fraction of sp³-hybridized carbons (Fsp3) is 0.308. The van der Waals surface area contributed by atoms with Gasteiger partial charge >= 0.3 is 0 Å². The highest BCUT2D eigenvalue weighted by atomic mass is 35.5. The normalized spacial score (nSPS) is 14.2. The van der Waals surface area contributed by atoms with Crippen LogP contribution >= 0.6 is 11.6 Å². The van der Waals surface area contributed by atoms with Gasteiger partial charge in [-0.3, -0.25) is 4.79 Å². The molecule has 4 aromatic rings. The quantitative estimate of drug-likeness (QED) is 0.319. The van der Waals surface area contributed by atoms with Crippen molar-refractivity contribution < 1.29 is 24.4 Å². The minimum atomic E-state index is -1.82. The molecule has 8 nitrogen and oxygen atoms in total. The fourth-order valence-electron chi connectivity index (χ4n) is 3.93. The molecule has 1 unspecified atom stereocenters. The number of aryl methyl sites for hydroxylation is 2. The topological polar surface area (TPSA) is 91.2 Å². The monoisotopic (exact) mass is 530 g/mol. The van der Waals surface area contributed by atoms with Crippen molar-refractivity contribution >= 4 is 28.4 Å². The third kappa shape index (κ3) is 6.03. The molecule has 1 N–H and O–H groups in total. The first-order chi connectivity index (χ1) is 18.0. The number of para-hydroxylation sites is 1. The summed E-state index contributed by atoms with van der Waals surface area (Å²) in [7, 11) is 1.79. The lowest BCUT2D eigenvalue weighted by atomic mass is 10.0. The Morgan fingerprint density at radius 1 is 1.30 bits per heavy atom. The number of alkyl halides is 1. The van der Waals surface area contributed by atoms with E-state index in [2.05, 4.69) is 25.1 Å². The summed E-state index contributed by atoms with van der Waals surface area (Å²) in [6.07, 6.45) is -0.187. The summed E-state index contributed by atoms with van der Waals surface area (Å²) in [5.41, 5.74) is 2.50. The highest BCUT2D eigenvalue weighted by molar-refractivity contribution is 6.31. The average molecular weight is 531 g/mol. The number of halogens is 3. The van der Waals surface area contributed by atoms with Crippen molar-refractivity contribution in [3.8, 4) is 17.1 Å². The summed E-state index contributed by atoms with van der Waals surface area (Å²) in [6.45, 7) is 3.59. The van der Waals surface area contributed by atoms with Crippen LogP contribution in [0.1, 0.15) is 38.1 Å². The van der Waals surface area contributed by atoms with Gasteiger partial charge in [-0.25, -0.2) is 23.4 Å². The SMILES string of the molecule is [2H][C@@](C)(NC(=O)COC(C)F)c1cc(F)cc(Cl)c1COc1cccc2c(-c3ncnn3C)cc(C)nc12. The first kappa shape index (κ1) is 25.0. The van der Waals surface area contributed by atoms with Crippen molar-refractivity contribution in [2.24, 2.45) is 7.05 Å². The van der Waals surface area contributed by atoms with E-state index in [0.717, 1.165) is 35.7 Å². The predicted molar refractivity (Wildman–Crippen MR) is 135 cm³/mol. The third-order valence-corrected chi connectivity index (χ3v) is 5.93. The van der Waals surface area contributed by atoms with Gasteiger partial charge in [0.25, 0.3) is 0 Å². The van der Waals surface area contributed by atoms with Gasteiger partial charge in [0.2, 0.25) is 5.91 Å². The lowest BCUT2D eigenvalue weighted by molar-refractivity contribution is -0.132. The van der Waals surface area contributed by atoms with Crippen LogP contribution in [-0.4, -0.2) is 38.6 Å². The molecular formula is C26H26ClF2N5O3. The smallest absolute Gasteiger partial charge is 0.246 e. The number of nitrogens with one attached hydrogen (secondary N) is 1. The molecule has 2 atom stereocenters. The zero-order valence-electron chi connectivity index (χ0n) is 21.7. The molecule has 4 rings (SSSR count). The van der Waals surface area contributed by atoms with E-state index in [-0.39, 0.29) is 17.2 Å². The second kappa shape index (κ2) is 11.2. The molecule has 0 aliphatic carbocycles. The third-order valence-electron chi connectivity index (χ3n) is 5.59. The van der Waals surface area contributed by atoms with E-state index in [4.69, 9.17) is 17.7 Å². The van der Waals surface area contributed by atoms with Crippen LogP contribution in [0.25, 0.3) is 22.3 Å². The molecule has 0 radical (unpaired) electrons. The van der Waals surface area contributed by atoms with E-state index in [1.54, 1.807) is 17.8 Å². The van der Waals surface area contributed by atoms with Crippen LogP contribution in [0.15, 0.2) is 42.7 Å². The van der Waals surface area contributed by atoms with Crippen molar-refractivity contribution in [2.45, 2.75) is 39.8 Å². The van der Waals surface area contributed by atoms with E-state index in [1.807, 2.05) is 25.1 Å². The minimum Gasteiger partial charge on any atom is -0.487 e. The average Bonchev–Trinajstić information content (AvgIpc) is 3.26. The largest absolute Gasteiger partial charge is 0.487 e. The minimum absolute atomic E-state index is 0.0190. The Kier molecular flexibility index (Phi) is 7.57. The Morgan fingerprint density at radius 3 is 2.78 bits per heavy atom. The van der Waals surface area contributed by atoms with Crippen LogP contribution in [0.3, 0.4) is 0 Å². The van der Waals surface area contributed by atoms with Gasteiger partial charge in [0.15, 0.2) is 12.2 Å². The number of benzene rings is 2. The van der Waals surface area contributed by atoms with Crippen LogP contribution < -0.4 is 10.1 Å². The van der Waals surface area contributed by atoms with Crippen LogP contribution in [0.4, 0.5) is 8.78 Å². The first-order valence-corrected chi connectivity index (χ1v) is 11.8. The van der Waals surface area contributed by atoms with Crippen molar-refractivity contribution in [3.63, 3.8) is 0 Å². The summed E-state index contributed by atoms with van der Waals surface area (Å²) in [5.74, 6) is -0.342. The zero-order chi connectivity index (χ0) is 27.6. The number of carbonyl (C=O) groups is 1. The molecule has 0 bridgehead atoms. The van der Waals surface area contributed by atoms with Crippen molar-refractivity contribution in [3.05, 3.63) is 70.4 Å². The highest BCUT2D eigenvalue weighted by Gasteiger charge is 2.20. The number of rotatable bonds is 9. The molecule has 2 heterocycles. The number of carbonyl (C=O) groups excluding carboxylic acids is 1. The Balaban J connectivity index is 1.68. The zero-order valence-corrected chi connectivity index (χ0v) is 21.4. The van der Waals surface area contributed by atoms with Gasteiger partial charge in [-0.2, -0.15) is 5.10 Å². The number of amides is 1. The van der Waals surface area contributed by atoms with Gasteiger partial charge < -0.3 is 14.8 Å². The Morgan fingerprint density at radius 2 is 2.08 bits per heavy atom. The summed E-state index contributed by atoms with van der Waals surface area (Å²) in [5, 5.41) is 7.37. The Hall–Kier alpha value is -3.63. The van der Waals surface area contributed by atoms with Crippen molar-refractivity contribution in [1.29, 1.82) is 0 Å². The van der Waals surface area contributed by atoms with Gasteiger partial charge in [0, 0.05) is 29.3 Å². The van der Waals surface area contributed by atoms with E-state index in [9.17, 15) is 13.6 Å². The van der Waals surface area contributed by atoms with Crippen LogP contribution in [-0.2, 0) is 23.2 Å². The molecule has 37 heavy (non-hydrogen) atoms. The number of fused-ring (bicyclic) bond motifs is 1. The lowest BCUT2D eigenvalue weighted by Gasteiger charge is -2.20. The van der Waals surface area contributed by atoms with E-state index in [0.29, 0.717) is 22.7 Å². The number of aromatic nitrogens is 4. The molecule has 0 saturated carbocycles. The molecule has 0 aliphatic heterocycles. The van der Waals surface area contributed by atoms with Crippen molar-refractivity contribution in [2.75, 3.05) is 6.61 Å². The number of pyridine rings is 1. The second-order valence-electron chi connectivity index (χ2n) is 8.40. The maximum Gasteiger partial charge on any atom is 0.246 e. The Bertz CT molecular complexity index is 1500. The molecule has 0 fully saturated rings. The maximum atomic E-state index is 14.3. The van der Waals surface area contributed by atoms with Gasteiger partial charge in [0.1, 0.15) is 36.6 Å². The number of hydrogen-bond donors (Lipinski definition) is 1. The first-order valence-electron chi connectivity index (χ1n) is 11.9. The number of ether oxygens (including phenoxy) is 2. The summed E-state index contributed by atoms with van der Waals surface area (Å²) < 4.78 is 48.4. The fourth-order valence-corrected chi connectivity index (χ4v) is 4.19. The molecule has 194 valence electrons. The molecule has 0 saturated heterocycles. The molecule has 2 aromatic heterocycles. The second-order valence-corrected chi connectivity index (χ2v) is 8.81. The molecule has 2 aromatic carbocycles. The highest BCUT2D eigenvalue weighted by Crippen LogP contribution is 2.34. The van der Waals surface area contributed by atoms with Gasteiger partial charge in [-0.15, -0.1) is 0 Å². The molecular weight excluding hydrogens is 504 g/mol. The summed E-state index contributed by atoms with van der Waals surface area (Å²) >= 11 is 6.38. The van der Waals surface area contributed by atoms with E-state index < -0.39 is 30.7 Å². The maximum absolute atomic E-state index is 14.3.